The van der Waals surface area contributed by atoms with Gasteiger partial charge in [0.25, 0.3) is 6.33 Å². The summed E-state index contributed by atoms with van der Waals surface area (Å²) in [6, 6.07) is 11.1. The van der Waals surface area contributed by atoms with Gasteiger partial charge in [0.2, 0.25) is 5.52 Å². The molecular weight excluding hydrogens is 336 g/mol. The minimum absolute atomic E-state index is 0.520. The van der Waals surface area contributed by atoms with Crippen molar-refractivity contribution in [3.8, 4) is 11.3 Å². The topological polar surface area (TPSA) is 16.8 Å². The normalized spacial score (nSPS) is 11.8. The van der Waals surface area contributed by atoms with Gasteiger partial charge in [-0.25, -0.2) is 4.57 Å². The second-order valence-corrected chi connectivity index (χ2v) is 8.59. The molecular formula is C23H25N2S+. The number of rotatable bonds is 2. The van der Waals surface area contributed by atoms with Crippen LogP contribution in [0.25, 0.3) is 32.2 Å². The average molecular weight is 362 g/mol. The molecule has 0 bridgehead atoms. The van der Waals surface area contributed by atoms with E-state index in [0.29, 0.717) is 5.92 Å². The predicted molar refractivity (Wildman–Crippen MR) is 112 cm³/mol. The molecule has 2 nitrogen and oxygen atoms in total. The summed E-state index contributed by atoms with van der Waals surface area (Å²) in [6.07, 6.45) is 1.96. The van der Waals surface area contributed by atoms with E-state index >= 15 is 0 Å². The third-order valence-corrected chi connectivity index (χ3v) is 6.97. The molecule has 0 aliphatic heterocycles. The summed E-state index contributed by atoms with van der Waals surface area (Å²) in [5, 5.41) is 2.68. The van der Waals surface area contributed by atoms with Crippen molar-refractivity contribution < 1.29 is 4.57 Å². The largest absolute Gasteiger partial charge is 0.287 e. The molecule has 0 amide bonds. The molecule has 0 fully saturated rings. The van der Waals surface area contributed by atoms with Gasteiger partial charge in [0.05, 0.1) is 7.05 Å². The molecule has 0 aliphatic rings. The minimum atomic E-state index is 0.520. The van der Waals surface area contributed by atoms with E-state index in [1.807, 2.05) is 17.7 Å². The van der Waals surface area contributed by atoms with Gasteiger partial charge < -0.3 is 0 Å². The summed E-state index contributed by atoms with van der Waals surface area (Å²) < 4.78 is 3.48. The zero-order chi connectivity index (χ0) is 18.6. The maximum absolute atomic E-state index is 4.76. The molecule has 132 valence electrons. The summed E-state index contributed by atoms with van der Waals surface area (Å²) in [5.41, 5.74) is 7.73. The van der Waals surface area contributed by atoms with Gasteiger partial charge in [0.15, 0.2) is 5.69 Å². The molecule has 2 heterocycles. The quantitative estimate of drug-likeness (QED) is 0.401. The third kappa shape index (κ3) is 2.45. The lowest BCUT2D eigenvalue weighted by Gasteiger charge is -2.12. The first kappa shape index (κ1) is 17.2. The van der Waals surface area contributed by atoms with Crippen molar-refractivity contribution in [2.75, 3.05) is 0 Å². The van der Waals surface area contributed by atoms with Crippen molar-refractivity contribution in [2.45, 2.75) is 40.5 Å². The van der Waals surface area contributed by atoms with Gasteiger partial charge in [-0.1, -0.05) is 38.1 Å². The zero-order valence-electron chi connectivity index (χ0n) is 16.3. The minimum Gasteiger partial charge on any atom is -0.231 e. The number of hydrogen-bond acceptors (Lipinski definition) is 2. The Hall–Kier alpha value is -2.26. The Kier molecular flexibility index (Phi) is 4.07. The van der Waals surface area contributed by atoms with Gasteiger partial charge in [-0.3, -0.25) is 0 Å². The molecule has 26 heavy (non-hydrogen) atoms. The first-order valence-electron chi connectivity index (χ1n) is 9.17. The van der Waals surface area contributed by atoms with Crippen molar-refractivity contribution in [3.05, 3.63) is 58.2 Å². The van der Waals surface area contributed by atoms with Crippen molar-refractivity contribution >= 4 is 32.3 Å². The standard InChI is InChI=1S/C23H25N2S/c1-13(2)22-16(5)20-23(26-22)21(25(6)12-24-20)19-11-14(3)17-9-7-8-10-18(17)15(19)4/h7-13H,1-6H3/q+1. The number of fused-ring (bicyclic) bond motifs is 2. The van der Waals surface area contributed by atoms with Gasteiger partial charge >= 0.3 is 0 Å². The van der Waals surface area contributed by atoms with E-state index in [0.717, 1.165) is 5.52 Å². The lowest BCUT2D eigenvalue weighted by atomic mass is 9.94. The van der Waals surface area contributed by atoms with E-state index in [-0.39, 0.29) is 0 Å². The van der Waals surface area contributed by atoms with Crippen molar-refractivity contribution in [2.24, 2.45) is 7.05 Å². The number of benzene rings is 2. The summed E-state index contributed by atoms with van der Waals surface area (Å²) in [4.78, 5) is 6.20. The molecule has 3 heteroatoms. The SMILES string of the molecule is Cc1cc(-c2c3sc(C(C)C)c(C)c3nc[n+]2C)c(C)c2ccccc12. The zero-order valence-corrected chi connectivity index (χ0v) is 17.2. The Morgan fingerprint density at radius 1 is 1.00 bits per heavy atom. The molecule has 4 rings (SSSR count). The summed E-state index contributed by atoms with van der Waals surface area (Å²) in [7, 11) is 2.11. The van der Waals surface area contributed by atoms with Crippen LogP contribution < -0.4 is 4.57 Å². The molecule has 0 N–H and O–H groups in total. The van der Waals surface area contributed by atoms with Crippen LogP contribution in [-0.4, -0.2) is 4.98 Å². The van der Waals surface area contributed by atoms with E-state index in [2.05, 4.69) is 76.6 Å². The van der Waals surface area contributed by atoms with E-state index in [9.17, 15) is 0 Å². The van der Waals surface area contributed by atoms with Gasteiger partial charge in [0, 0.05) is 16.0 Å². The number of thiophene rings is 1. The van der Waals surface area contributed by atoms with Gasteiger partial charge in [0.1, 0.15) is 4.70 Å². The predicted octanol–water partition coefficient (Wildman–Crippen LogP) is 5.99. The molecule has 0 radical (unpaired) electrons. The fourth-order valence-corrected chi connectivity index (χ4v) is 5.37. The van der Waals surface area contributed by atoms with Crippen LogP contribution in [0.1, 0.15) is 41.3 Å². The average Bonchev–Trinajstić information content (AvgIpc) is 2.95. The fourth-order valence-electron chi connectivity index (χ4n) is 4.01. The maximum Gasteiger partial charge on any atom is 0.287 e. The van der Waals surface area contributed by atoms with E-state index in [1.165, 1.54) is 48.3 Å². The molecule has 0 atom stereocenters. The van der Waals surface area contributed by atoms with Crippen LogP contribution in [0.15, 0.2) is 36.7 Å². The Labute approximate surface area is 159 Å². The lowest BCUT2D eigenvalue weighted by molar-refractivity contribution is -0.662. The molecule has 2 aromatic carbocycles. The van der Waals surface area contributed by atoms with Crippen molar-refractivity contribution in [1.29, 1.82) is 0 Å². The Morgan fingerprint density at radius 2 is 1.69 bits per heavy atom. The molecule has 0 aliphatic carbocycles. The molecule has 0 spiro atoms. The highest BCUT2D eigenvalue weighted by atomic mass is 32.1. The number of nitrogens with zero attached hydrogens (tertiary/aromatic N) is 2. The van der Waals surface area contributed by atoms with Crippen molar-refractivity contribution in [3.63, 3.8) is 0 Å². The molecule has 0 unspecified atom stereocenters. The van der Waals surface area contributed by atoms with Gasteiger partial charge in [-0.05, 0) is 59.6 Å². The third-order valence-electron chi connectivity index (χ3n) is 5.38. The lowest BCUT2D eigenvalue weighted by Crippen LogP contribution is -2.31. The second kappa shape index (κ2) is 6.17. The van der Waals surface area contributed by atoms with E-state index in [4.69, 9.17) is 4.98 Å². The van der Waals surface area contributed by atoms with E-state index in [1.54, 1.807) is 0 Å². The highest BCUT2D eigenvalue weighted by Gasteiger charge is 2.24. The van der Waals surface area contributed by atoms with Crippen molar-refractivity contribution in [1.82, 2.24) is 4.98 Å². The number of aryl methyl sites for hydroxylation is 4. The smallest absolute Gasteiger partial charge is 0.231 e. The molecule has 0 saturated heterocycles. The summed E-state index contributed by atoms with van der Waals surface area (Å²) in [5.74, 6) is 0.520. The highest BCUT2D eigenvalue weighted by molar-refractivity contribution is 7.19. The van der Waals surface area contributed by atoms with Crippen LogP contribution >= 0.6 is 11.3 Å². The van der Waals surface area contributed by atoms with Crippen LogP contribution in [0.4, 0.5) is 0 Å². The van der Waals surface area contributed by atoms with Crippen LogP contribution in [0.2, 0.25) is 0 Å². The number of aromatic nitrogens is 2. The van der Waals surface area contributed by atoms with Crippen LogP contribution in [0.3, 0.4) is 0 Å². The first-order valence-corrected chi connectivity index (χ1v) is 9.98. The van der Waals surface area contributed by atoms with Crippen LogP contribution in [0.5, 0.6) is 0 Å². The van der Waals surface area contributed by atoms with Gasteiger partial charge in [-0.15, -0.1) is 11.3 Å². The first-order chi connectivity index (χ1) is 12.4. The monoisotopic (exact) mass is 361 g/mol. The van der Waals surface area contributed by atoms with Crippen LogP contribution in [-0.2, 0) is 7.05 Å². The van der Waals surface area contributed by atoms with Crippen LogP contribution in [0, 0.1) is 20.8 Å². The maximum atomic E-state index is 4.76. The highest BCUT2D eigenvalue weighted by Crippen LogP contribution is 2.40. The fraction of sp³-hybridized carbons (Fsp3) is 0.304. The second-order valence-electron chi connectivity index (χ2n) is 7.54. The molecule has 4 aromatic rings. The Bertz CT molecular complexity index is 1150. The summed E-state index contributed by atoms with van der Waals surface area (Å²) >= 11 is 1.90. The summed E-state index contributed by atoms with van der Waals surface area (Å²) in [6.45, 7) is 11.2. The number of hydrogen-bond donors (Lipinski definition) is 0. The molecule has 0 saturated carbocycles. The van der Waals surface area contributed by atoms with E-state index < -0.39 is 0 Å². The molecule has 2 aromatic heterocycles. The van der Waals surface area contributed by atoms with Gasteiger partial charge in [-0.2, -0.15) is 0 Å². The Balaban J connectivity index is 2.12. The Morgan fingerprint density at radius 3 is 2.38 bits per heavy atom.